The molecule has 0 aromatic carbocycles. The first-order valence-electron chi connectivity index (χ1n) is 10.2. The minimum atomic E-state index is 0. The highest BCUT2D eigenvalue weighted by molar-refractivity contribution is 14.0. The predicted molar refractivity (Wildman–Crippen MR) is 123 cm³/mol. The average molecular weight is 491 g/mol. The minimum Gasteiger partial charge on any atom is -0.357 e. The number of aromatic nitrogens is 3. The van der Waals surface area contributed by atoms with Crippen molar-refractivity contribution in [3.63, 3.8) is 0 Å². The van der Waals surface area contributed by atoms with Crippen molar-refractivity contribution in [3.8, 4) is 0 Å². The second-order valence-electron chi connectivity index (χ2n) is 7.54. The van der Waals surface area contributed by atoms with E-state index in [-0.39, 0.29) is 24.0 Å². The van der Waals surface area contributed by atoms with Gasteiger partial charge in [0, 0.05) is 44.7 Å². The first-order chi connectivity index (χ1) is 12.5. The molecule has 2 heterocycles. The highest BCUT2D eigenvalue weighted by Crippen LogP contribution is 2.14. The van der Waals surface area contributed by atoms with Gasteiger partial charge in [-0.15, -0.1) is 34.2 Å². The maximum absolute atomic E-state index is 4.71. The van der Waals surface area contributed by atoms with E-state index in [0.717, 1.165) is 56.6 Å². The molecule has 2 rings (SSSR count). The molecule has 0 radical (unpaired) electrons. The number of fused-ring (bicyclic) bond motifs is 1. The van der Waals surface area contributed by atoms with E-state index in [1.54, 1.807) is 0 Å². The van der Waals surface area contributed by atoms with E-state index in [2.05, 4.69) is 64.9 Å². The molecule has 0 unspecified atom stereocenters. The van der Waals surface area contributed by atoms with Crippen LogP contribution in [0.5, 0.6) is 0 Å². The standard InChI is InChI=1S/C19H37N7.HI/c1-6-20-19(21-11-9-13-25(15(2)3)16(4)5)22-14-18-24-23-17-10-7-8-12-26(17)18;/h15-16H,6-14H2,1-5H3,(H2,20,21,22);1H. The molecule has 0 fully saturated rings. The third kappa shape index (κ3) is 7.56. The molecule has 0 atom stereocenters. The average Bonchev–Trinajstić information content (AvgIpc) is 3.02. The first-order valence-corrected chi connectivity index (χ1v) is 10.2. The molecule has 0 aliphatic carbocycles. The van der Waals surface area contributed by atoms with Gasteiger partial charge >= 0.3 is 0 Å². The SMILES string of the molecule is CCNC(=NCc1nnc2n1CCCC2)NCCCN(C(C)C)C(C)C.I. The van der Waals surface area contributed by atoms with E-state index in [4.69, 9.17) is 4.99 Å². The molecule has 0 bridgehead atoms. The summed E-state index contributed by atoms with van der Waals surface area (Å²) in [6, 6.07) is 1.16. The lowest BCUT2D eigenvalue weighted by Gasteiger charge is -2.30. The number of aryl methyl sites for hydroxylation is 1. The minimum absolute atomic E-state index is 0. The normalized spacial score (nSPS) is 14.4. The third-order valence-corrected chi connectivity index (χ3v) is 4.87. The van der Waals surface area contributed by atoms with Gasteiger partial charge in [0.25, 0.3) is 0 Å². The fourth-order valence-corrected chi connectivity index (χ4v) is 3.56. The van der Waals surface area contributed by atoms with Crippen LogP contribution in [0, 0.1) is 0 Å². The summed E-state index contributed by atoms with van der Waals surface area (Å²) in [4.78, 5) is 7.23. The Kier molecular flexibility index (Phi) is 11.2. The molecule has 0 saturated carbocycles. The molecule has 7 nitrogen and oxygen atoms in total. The quantitative estimate of drug-likeness (QED) is 0.241. The van der Waals surface area contributed by atoms with Gasteiger partial charge in [0.05, 0.1) is 0 Å². The molecule has 2 N–H and O–H groups in total. The molecule has 1 aliphatic rings. The Morgan fingerprint density at radius 1 is 1.15 bits per heavy atom. The van der Waals surface area contributed by atoms with Crippen molar-refractivity contribution >= 4 is 29.9 Å². The number of halogens is 1. The number of hydrogen-bond donors (Lipinski definition) is 2. The summed E-state index contributed by atoms with van der Waals surface area (Å²) < 4.78 is 2.24. The number of guanidine groups is 1. The van der Waals surface area contributed by atoms with E-state index in [1.165, 1.54) is 12.8 Å². The molecular formula is C19H38IN7. The van der Waals surface area contributed by atoms with Crippen LogP contribution in [0.4, 0.5) is 0 Å². The van der Waals surface area contributed by atoms with Gasteiger partial charge in [0.15, 0.2) is 11.8 Å². The zero-order valence-corrected chi connectivity index (χ0v) is 20.0. The van der Waals surface area contributed by atoms with Gasteiger partial charge in [-0.2, -0.15) is 0 Å². The van der Waals surface area contributed by atoms with Crippen LogP contribution in [0.2, 0.25) is 0 Å². The van der Waals surface area contributed by atoms with Crippen LogP contribution < -0.4 is 10.6 Å². The van der Waals surface area contributed by atoms with E-state index >= 15 is 0 Å². The predicted octanol–water partition coefficient (Wildman–Crippen LogP) is 2.80. The van der Waals surface area contributed by atoms with Gasteiger partial charge < -0.3 is 15.2 Å². The smallest absolute Gasteiger partial charge is 0.191 e. The molecule has 1 aromatic heterocycles. The van der Waals surface area contributed by atoms with Crippen molar-refractivity contribution in [1.82, 2.24) is 30.3 Å². The number of rotatable bonds is 9. The summed E-state index contributed by atoms with van der Waals surface area (Å²) in [6.07, 6.45) is 4.57. The van der Waals surface area contributed by atoms with Crippen molar-refractivity contribution in [2.75, 3.05) is 19.6 Å². The van der Waals surface area contributed by atoms with E-state index in [1.807, 2.05) is 0 Å². The van der Waals surface area contributed by atoms with Gasteiger partial charge in [-0.1, -0.05) is 0 Å². The topological polar surface area (TPSA) is 70.4 Å². The Hall–Kier alpha value is -0.900. The molecule has 1 aliphatic heterocycles. The Labute approximate surface area is 181 Å². The van der Waals surface area contributed by atoms with Crippen molar-refractivity contribution < 1.29 is 0 Å². The zero-order chi connectivity index (χ0) is 18.9. The van der Waals surface area contributed by atoms with Crippen molar-refractivity contribution in [2.45, 2.75) is 85.5 Å². The highest BCUT2D eigenvalue weighted by atomic mass is 127. The number of nitrogens with one attached hydrogen (secondary N) is 2. The lowest BCUT2D eigenvalue weighted by Crippen LogP contribution is -2.41. The summed E-state index contributed by atoms with van der Waals surface area (Å²) in [7, 11) is 0. The number of nitrogens with zero attached hydrogens (tertiary/aromatic N) is 5. The van der Waals surface area contributed by atoms with Crippen molar-refractivity contribution in [2.24, 2.45) is 4.99 Å². The zero-order valence-electron chi connectivity index (χ0n) is 17.7. The molecule has 1 aromatic rings. The fraction of sp³-hybridized carbons (Fsp3) is 0.842. The van der Waals surface area contributed by atoms with E-state index < -0.39 is 0 Å². The molecule has 0 saturated heterocycles. The lowest BCUT2D eigenvalue weighted by molar-refractivity contribution is 0.173. The third-order valence-electron chi connectivity index (χ3n) is 4.87. The second kappa shape index (κ2) is 12.5. The van der Waals surface area contributed by atoms with Crippen LogP contribution in [0.3, 0.4) is 0 Å². The van der Waals surface area contributed by atoms with Gasteiger partial charge in [0.1, 0.15) is 12.4 Å². The maximum atomic E-state index is 4.71. The van der Waals surface area contributed by atoms with Crippen LogP contribution in [-0.2, 0) is 19.5 Å². The van der Waals surface area contributed by atoms with Crippen LogP contribution in [0.15, 0.2) is 4.99 Å². The molecule has 27 heavy (non-hydrogen) atoms. The summed E-state index contributed by atoms with van der Waals surface area (Å²) in [5, 5.41) is 15.4. The molecule has 156 valence electrons. The monoisotopic (exact) mass is 491 g/mol. The van der Waals surface area contributed by atoms with Gasteiger partial charge in [-0.3, -0.25) is 4.90 Å². The Balaban J connectivity index is 0.00000364. The highest BCUT2D eigenvalue weighted by Gasteiger charge is 2.15. The summed E-state index contributed by atoms with van der Waals surface area (Å²) in [6.45, 7) is 15.6. The largest absolute Gasteiger partial charge is 0.357 e. The molecule has 8 heteroatoms. The van der Waals surface area contributed by atoms with Gasteiger partial charge in [-0.25, -0.2) is 4.99 Å². The van der Waals surface area contributed by atoms with Crippen molar-refractivity contribution in [3.05, 3.63) is 11.6 Å². The van der Waals surface area contributed by atoms with Crippen LogP contribution in [-0.4, -0.2) is 57.3 Å². The lowest BCUT2D eigenvalue weighted by atomic mass is 10.2. The van der Waals surface area contributed by atoms with Crippen molar-refractivity contribution in [1.29, 1.82) is 0 Å². The van der Waals surface area contributed by atoms with Gasteiger partial charge in [0.2, 0.25) is 0 Å². The maximum Gasteiger partial charge on any atom is 0.191 e. The fourth-order valence-electron chi connectivity index (χ4n) is 3.56. The van der Waals surface area contributed by atoms with Gasteiger partial charge in [-0.05, 0) is 53.9 Å². The summed E-state index contributed by atoms with van der Waals surface area (Å²) in [5.74, 6) is 2.95. The first kappa shape index (κ1) is 24.1. The van der Waals surface area contributed by atoms with Crippen LogP contribution in [0.1, 0.15) is 65.5 Å². The summed E-state index contributed by atoms with van der Waals surface area (Å²) >= 11 is 0. The Morgan fingerprint density at radius 2 is 1.89 bits per heavy atom. The molecule has 0 spiro atoms. The number of hydrogen-bond acceptors (Lipinski definition) is 4. The van der Waals surface area contributed by atoms with E-state index in [9.17, 15) is 0 Å². The molecular weight excluding hydrogens is 453 g/mol. The second-order valence-corrected chi connectivity index (χ2v) is 7.54. The number of aliphatic imine (C=N–C) groups is 1. The summed E-state index contributed by atoms with van der Waals surface area (Å²) in [5.41, 5.74) is 0. The van der Waals surface area contributed by atoms with Crippen LogP contribution in [0.25, 0.3) is 0 Å². The Bertz CT molecular complexity index is 560. The Morgan fingerprint density at radius 3 is 2.56 bits per heavy atom. The van der Waals surface area contributed by atoms with Crippen LogP contribution >= 0.6 is 24.0 Å². The van der Waals surface area contributed by atoms with E-state index in [0.29, 0.717) is 18.6 Å². The molecule has 0 amide bonds.